The zero-order chi connectivity index (χ0) is 12.3. The molecule has 98 valence electrons. The van der Waals surface area contributed by atoms with Crippen molar-refractivity contribution in [2.24, 2.45) is 11.8 Å². The summed E-state index contributed by atoms with van der Waals surface area (Å²) < 4.78 is 5.44. The Labute approximate surface area is 105 Å². The Morgan fingerprint density at radius 2 is 2.00 bits per heavy atom. The van der Waals surface area contributed by atoms with Gasteiger partial charge in [0.25, 0.3) is 0 Å². The summed E-state index contributed by atoms with van der Waals surface area (Å²) in [6.07, 6.45) is 6.63. The molecule has 3 atom stereocenters. The number of ether oxygens (including phenoxy) is 1. The number of fused-ring (bicyclic) bond motifs is 1. The first-order chi connectivity index (χ1) is 8.18. The standard InChI is InChI=1S/C14H25NO2/c1-11(2)14(16)17-10-12-6-5-9-15-8-4-3-7-13(12)15/h11-13H,3-10H2,1-2H3/p+1/t12-,13+/m1/s1. The third-order valence-electron chi connectivity index (χ3n) is 4.34. The van der Waals surface area contributed by atoms with E-state index in [1.54, 1.807) is 4.90 Å². The van der Waals surface area contributed by atoms with E-state index in [0.29, 0.717) is 12.5 Å². The van der Waals surface area contributed by atoms with E-state index in [0.717, 1.165) is 6.04 Å². The monoisotopic (exact) mass is 240 g/mol. The summed E-state index contributed by atoms with van der Waals surface area (Å²) in [5.41, 5.74) is 0. The minimum Gasteiger partial charge on any atom is -0.465 e. The quantitative estimate of drug-likeness (QED) is 0.747. The van der Waals surface area contributed by atoms with Crippen LogP contribution in [-0.4, -0.2) is 31.7 Å². The molecule has 2 heterocycles. The highest BCUT2D eigenvalue weighted by atomic mass is 16.5. The number of hydrogen-bond acceptors (Lipinski definition) is 2. The van der Waals surface area contributed by atoms with Crippen LogP contribution in [0.5, 0.6) is 0 Å². The van der Waals surface area contributed by atoms with Crippen LogP contribution < -0.4 is 4.90 Å². The molecule has 0 saturated carbocycles. The molecule has 2 aliphatic heterocycles. The van der Waals surface area contributed by atoms with Gasteiger partial charge in [-0.2, -0.15) is 0 Å². The Kier molecular flexibility index (Phi) is 4.43. The average molecular weight is 240 g/mol. The van der Waals surface area contributed by atoms with E-state index in [4.69, 9.17) is 4.74 Å². The lowest BCUT2D eigenvalue weighted by Crippen LogP contribution is -3.18. The van der Waals surface area contributed by atoms with Crippen molar-refractivity contribution in [2.75, 3.05) is 19.7 Å². The minimum absolute atomic E-state index is 0.00777. The molecule has 0 aromatic carbocycles. The normalized spacial score (nSPS) is 33.2. The highest BCUT2D eigenvalue weighted by molar-refractivity contribution is 5.71. The highest BCUT2D eigenvalue weighted by Gasteiger charge is 2.37. The molecule has 17 heavy (non-hydrogen) atoms. The van der Waals surface area contributed by atoms with Crippen LogP contribution in [0.1, 0.15) is 46.0 Å². The molecule has 1 N–H and O–H groups in total. The second kappa shape index (κ2) is 5.85. The van der Waals surface area contributed by atoms with Gasteiger partial charge in [0.15, 0.2) is 0 Å². The van der Waals surface area contributed by atoms with Gasteiger partial charge < -0.3 is 9.64 Å². The first-order valence-electron chi connectivity index (χ1n) is 7.19. The lowest BCUT2D eigenvalue weighted by molar-refractivity contribution is -0.940. The fourth-order valence-corrected chi connectivity index (χ4v) is 3.33. The summed E-state index contributed by atoms with van der Waals surface area (Å²) in [5.74, 6) is 0.586. The zero-order valence-corrected chi connectivity index (χ0v) is 11.2. The van der Waals surface area contributed by atoms with Crippen LogP contribution in [0.3, 0.4) is 0 Å². The molecule has 0 amide bonds. The maximum absolute atomic E-state index is 11.5. The van der Waals surface area contributed by atoms with Crippen LogP contribution in [0.4, 0.5) is 0 Å². The molecule has 2 fully saturated rings. The summed E-state index contributed by atoms with van der Waals surface area (Å²) in [5, 5.41) is 0. The van der Waals surface area contributed by atoms with Crippen LogP contribution in [0.25, 0.3) is 0 Å². The number of carbonyl (C=O) groups excluding carboxylic acids is 1. The fraction of sp³-hybridized carbons (Fsp3) is 0.929. The maximum atomic E-state index is 11.5. The first kappa shape index (κ1) is 12.9. The van der Waals surface area contributed by atoms with Gasteiger partial charge in [0.1, 0.15) is 0 Å². The largest absolute Gasteiger partial charge is 0.465 e. The van der Waals surface area contributed by atoms with Crippen molar-refractivity contribution in [3.8, 4) is 0 Å². The first-order valence-corrected chi connectivity index (χ1v) is 7.19. The lowest BCUT2D eigenvalue weighted by atomic mass is 9.84. The Hall–Kier alpha value is -0.570. The molecule has 0 aromatic rings. The third-order valence-corrected chi connectivity index (χ3v) is 4.34. The van der Waals surface area contributed by atoms with Crippen LogP contribution in [0.15, 0.2) is 0 Å². The van der Waals surface area contributed by atoms with Crippen molar-refractivity contribution in [2.45, 2.75) is 52.0 Å². The van der Waals surface area contributed by atoms with Crippen LogP contribution >= 0.6 is 0 Å². The summed E-state index contributed by atoms with van der Waals surface area (Å²) in [4.78, 5) is 13.3. The fourth-order valence-electron chi connectivity index (χ4n) is 3.33. The van der Waals surface area contributed by atoms with E-state index in [1.807, 2.05) is 13.8 Å². The molecule has 0 radical (unpaired) electrons. The molecule has 2 aliphatic rings. The Morgan fingerprint density at radius 1 is 1.24 bits per heavy atom. The number of rotatable bonds is 3. The second-order valence-corrected chi connectivity index (χ2v) is 5.95. The van der Waals surface area contributed by atoms with Crippen LogP contribution in [0, 0.1) is 11.8 Å². The van der Waals surface area contributed by atoms with E-state index in [-0.39, 0.29) is 11.9 Å². The molecule has 0 spiro atoms. The molecule has 1 unspecified atom stereocenters. The minimum atomic E-state index is -0.0343. The molecule has 3 heteroatoms. The van der Waals surface area contributed by atoms with Crippen LogP contribution in [0.2, 0.25) is 0 Å². The molecular weight excluding hydrogens is 214 g/mol. The number of piperidine rings is 2. The van der Waals surface area contributed by atoms with Gasteiger partial charge in [-0.3, -0.25) is 4.79 Å². The van der Waals surface area contributed by atoms with Gasteiger partial charge in [-0.05, 0) is 32.1 Å². The SMILES string of the molecule is CC(C)C(=O)OC[C@H]1CCC[NH+]2CCCC[C@@H]12. The van der Waals surface area contributed by atoms with Crippen molar-refractivity contribution < 1.29 is 14.4 Å². The van der Waals surface area contributed by atoms with E-state index in [9.17, 15) is 4.79 Å². The van der Waals surface area contributed by atoms with Crippen molar-refractivity contribution in [1.29, 1.82) is 0 Å². The van der Waals surface area contributed by atoms with Gasteiger partial charge in [0.05, 0.1) is 31.7 Å². The van der Waals surface area contributed by atoms with Crippen molar-refractivity contribution in [3.05, 3.63) is 0 Å². The number of carbonyl (C=O) groups is 1. The number of esters is 1. The average Bonchev–Trinajstić information content (AvgIpc) is 2.35. The summed E-state index contributed by atoms with van der Waals surface area (Å²) in [6.45, 7) is 7.13. The molecule has 0 aromatic heterocycles. The number of hydrogen-bond donors (Lipinski definition) is 1. The highest BCUT2D eigenvalue weighted by Crippen LogP contribution is 2.20. The predicted octanol–water partition coefficient (Wildman–Crippen LogP) is 1.03. The number of nitrogens with one attached hydrogen (secondary N) is 1. The van der Waals surface area contributed by atoms with Crippen LogP contribution in [-0.2, 0) is 9.53 Å². The molecule has 2 rings (SSSR count). The summed E-state index contributed by atoms with van der Waals surface area (Å²) in [7, 11) is 0. The molecule has 2 saturated heterocycles. The van der Waals surface area contributed by atoms with Gasteiger partial charge >= 0.3 is 5.97 Å². The topological polar surface area (TPSA) is 30.7 Å². The van der Waals surface area contributed by atoms with Gasteiger partial charge in [0.2, 0.25) is 0 Å². The Morgan fingerprint density at radius 3 is 2.76 bits per heavy atom. The smallest absolute Gasteiger partial charge is 0.308 e. The Bertz CT molecular complexity index is 263. The van der Waals surface area contributed by atoms with Gasteiger partial charge in [-0.1, -0.05) is 13.8 Å². The third kappa shape index (κ3) is 3.21. The second-order valence-electron chi connectivity index (χ2n) is 5.95. The van der Waals surface area contributed by atoms with Gasteiger partial charge in [-0.25, -0.2) is 0 Å². The van der Waals surface area contributed by atoms with Crippen molar-refractivity contribution in [1.82, 2.24) is 0 Å². The predicted molar refractivity (Wildman–Crippen MR) is 66.9 cm³/mol. The zero-order valence-electron chi connectivity index (χ0n) is 11.2. The van der Waals surface area contributed by atoms with Crippen molar-refractivity contribution in [3.63, 3.8) is 0 Å². The van der Waals surface area contributed by atoms with E-state index in [1.165, 1.54) is 45.2 Å². The van der Waals surface area contributed by atoms with Gasteiger partial charge in [0, 0.05) is 5.92 Å². The van der Waals surface area contributed by atoms with Crippen molar-refractivity contribution >= 4 is 5.97 Å². The molecule has 0 aliphatic carbocycles. The molecule has 0 bridgehead atoms. The van der Waals surface area contributed by atoms with E-state index >= 15 is 0 Å². The van der Waals surface area contributed by atoms with E-state index < -0.39 is 0 Å². The van der Waals surface area contributed by atoms with Gasteiger partial charge in [-0.15, -0.1) is 0 Å². The lowest BCUT2D eigenvalue weighted by Gasteiger charge is -2.41. The maximum Gasteiger partial charge on any atom is 0.308 e. The molecule has 3 nitrogen and oxygen atoms in total. The molecular formula is C14H26NO2+. The summed E-state index contributed by atoms with van der Waals surface area (Å²) in [6, 6.07) is 0.762. The van der Waals surface area contributed by atoms with E-state index in [2.05, 4.69) is 0 Å². The summed E-state index contributed by atoms with van der Waals surface area (Å²) >= 11 is 0. The number of quaternary nitrogens is 1. The Balaban J connectivity index is 1.84.